The highest BCUT2D eigenvalue weighted by Gasteiger charge is 2.31. The second-order valence-electron chi connectivity index (χ2n) is 5.34. The molecule has 126 valence electrons. The molecule has 0 aliphatic carbocycles. The van der Waals surface area contributed by atoms with Gasteiger partial charge in [0.25, 0.3) is 5.69 Å². The maximum atomic E-state index is 13.9. The lowest BCUT2D eigenvalue weighted by Crippen LogP contribution is -2.25. The maximum absolute atomic E-state index is 13.9. The number of hydrogen-bond acceptors (Lipinski definition) is 3. The van der Waals surface area contributed by atoms with E-state index in [0.717, 1.165) is 0 Å². The van der Waals surface area contributed by atoms with Crippen LogP contribution in [0.25, 0.3) is 0 Å². The van der Waals surface area contributed by atoms with Crippen LogP contribution in [0.5, 0.6) is 0 Å². The Morgan fingerprint density at radius 3 is 1.68 bits per heavy atom. The molecule has 0 unspecified atom stereocenters. The molecule has 0 amide bonds. The summed E-state index contributed by atoms with van der Waals surface area (Å²) in [6, 6.07) is 15.6. The first-order chi connectivity index (χ1) is 11.9. The van der Waals surface area contributed by atoms with Gasteiger partial charge in [0.2, 0.25) is 0 Å². The first kappa shape index (κ1) is 17.0. The van der Waals surface area contributed by atoms with Gasteiger partial charge in [-0.2, -0.15) is 0 Å². The molecule has 0 radical (unpaired) electrons. The van der Waals surface area contributed by atoms with Crippen LogP contribution < -0.4 is 15.9 Å². The molecule has 7 heteroatoms. The smallest absolute Gasteiger partial charge is 0.270 e. The van der Waals surface area contributed by atoms with Gasteiger partial charge in [-0.05, 0) is 48.5 Å². The summed E-state index contributed by atoms with van der Waals surface area (Å²) in [4.78, 5) is 10.5. The normalized spacial score (nSPS) is 11.3. The quantitative estimate of drug-likeness (QED) is 0.407. The maximum Gasteiger partial charge on any atom is 0.270 e. The van der Waals surface area contributed by atoms with E-state index >= 15 is 0 Å². The second-order valence-corrected chi connectivity index (χ2v) is 8.11. The lowest BCUT2D eigenvalue weighted by Gasteiger charge is -2.19. The van der Waals surface area contributed by atoms with Crippen molar-refractivity contribution in [2.45, 2.75) is 0 Å². The van der Waals surface area contributed by atoms with Crippen molar-refractivity contribution in [3.63, 3.8) is 0 Å². The molecule has 0 atom stereocenters. The van der Waals surface area contributed by atoms with Crippen molar-refractivity contribution in [3.8, 4) is 0 Å². The van der Waals surface area contributed by atoms with Gasteiger partial charge in [0.1, 0.15) is 11.6 Å². The van der Waals surface area contributed by atoms with Crippen LogP contribution in [0.2, 0.25) is 0 Å². The second kappa shape index (κ2) is 6.57. The molecule has 3 rings (SSSR count). The van der Waals surface area contributed by atoms with Gasteiger partial charge >= 0.3 is 0 Å². The van der Waals surface area contributed by atoms with Gasteiger partial charge in [-0.15, -0.1) is 0 Å². The number of benzene rings is 3. The first-order valence-corrected chi connectivity index (χ1v) is 8.99. The Bertz CT molecular complexity index is 923. The van der Waals surface area contributed by atoms with Crippen molar-refractivity contribution in [2.24, 2.45) is 0 Å². The number of hydrogen-bond donors (Lipinski definition) is 0. The predicted octanol–water partition coefficient (Wildman–Crippen LogP) is 3.51. The molecule has 3 aromatic carbocycles. The van der Waals surface area contributed by atoms with E-state index in [-0.39, 0.29) is 11.0 Å². The summed E-state index contributed by atoms with van der Waals surface area (Å²) in [5, 5.41) is 11.9. The highest BCUT2D eigenvalue weighted by atomic mass is 31.2. The topological polar surface area (TPSA) is 60.2 Å². The van der Waals surface area contributed by atoms with Gasteiger partial charge in [-0.25, -0.2) is 8.78 Å². The number of nitrogens with zero attached hydrogens (tertiary/aromatic N) is 1. The molecular formula is C18H12F2NO3P. The van der Waals surface area contributed by atoms with Gasteiger partial charge in [-0.3, -0.25) is 10.1 Å². The fourth-order valence-corrected chi connectivity index (χ4v) is 5.19. The van der Waals surface area contributed by atoms with Gasteiger partial charge in [0.05, 0.1) is 4.92 Å². The molecule has 25 heavy (non-hydrogen) atoms. The molecule has 0 aliphatic heterocycles. The highest BCUT2D eigenvalue weighted by Crippen LogP contribution is 2.42. The Morgan fingerprint density at radius 2 is 1.24 bits per heavy atom. The minimum absolute atomic E-state index is 0.207. The zero-order valence-corrected chi connectivity index (χ0v) is 13.7. The largest absolute Gasteiger partial charge is 0.309 e. The number of nitro groups is 1. The molecular weight excluding hydrogens is 347 g/mol. The Hall–Kier alpha value is -2.85. The SMILES string of the molecule is O=[N+]([O-])c1cccc(P(=O)(c2ccc(F)cc2)c2ccc(F)cc2)c1. The van der Waals surface area contributed by atoms with E-state index in [1.54, 1.807) is 0 Å². The summed E-state index contributed by atoms with van der Waals surface area (Å²) < 4.78 is 40.5. The monoisotopic (exact) mass is 359 g/mol. The molecule has 0 aliphatic rings. The van der Waals surface area contributed by atoms with Crippen molar-refractivity contribution in [2.75, 3.05) is 0 Å². The third-order valence-electron chi connectivity index (χ3n) is 3.78. The molecule has 0 aromatic heterocycles. The van der Waals surface area contributed by atoms with Crippen LogP contribution in [0.3, 0.4) is 0 Å². The Labute approximate surface area is 142 Å². The number of rotatable bonds is 4. The van der Waals surface area contributed by atoms with E-state index in [2.05, 4.69) is 0 Å². The number of non-ortho nitro benzene ring substituents is 1. The van der Waals surface area contributed by atoms with Gasteiger partial charge in [0, 0.05) is 28.0 Å². The average Bonchev–Trinajstić information content (AvgIpc) is 2.62. The zero-order chi connectivity index (χ0) is 18.0. The van der Waals surface area contributed by atoms with Crippen molar-refractivity contribution < 1.29 is 18.3 Å². The van der Waals surface area contributed by atoms with E-state index in [4.69, 9.17) is 0 Å². The van der Waals surface area contributed by atoms with Crippen LogP contribution in [-0.2, 0) is 4.57 Å². The molecule has 0 N–H and O–H groups in total. The van der Waals surface area contributed by atoms with E-state index in [1.165, 1.54) is 72.8 Å². The summed E-state index contributed by atoms with van der Waals surface area (Å²) in [5.41, 5.74) is -0.207. The number of halogens is 2. The van der Waals surface area contributed by atoms with Crippen molar-refractivity contribution in [1.29, 1.82) is 0 Å². The van der Waals surface area contributed by atoms with Crippen molar-refractivity contribution >= 4 is 28.7 Å². The van der Waals surface area contributed by atoms with Crippen LogP contribution in [0, 0.1) is 21.7 Å². The van der Waals surface area contributed by atoms with Crippen LogP contribution >= 0.6 is 7.14 Å². The van der Waals surface area contributed by atoms with Gasteiger partial charge in [-0.1, -0.05) is 12.1 Å². The van der Waals surface area contributed by atoms with E-state index in [0.29, 0.717) is 10.6 Å². The highest BCUT2D eigenvalue weighted by molar-refractivity contribution is 7.85. The van der Waals surface area contributed by atoms with Crippen molar-refractivity contribution in [3.05, 3.63) is 94.5 Å². The third kappa shape index (κ3) is 3.21. The minimum atomic E-state index is -3.52. The van der Waals surface area contributed by atoms with E-state index in [9.17, 15) is 23.5 Å². The molecule has 0 saturated carbocycles. The summed E-state index contributed by atoms with van der Waals surface area (Å²) in [7, 11) is -3.52. The summed E-state index contributed by atoms with van der Waals surface area (Å²) in [6.45, 7) is 0. The van der Waals surface area contributed by atoms with Gasteiger partial charge < -0.3 is 4.57 Å². The zero-order valence-electron chi connectivity index (χ0n) is 12.8. The Morgan fingerprint density at radius 1 is 0.760 bits per heavy atom. The Kier molecular flexibility index (Phi) is 4.47. The standard InChI is InChI=1S/C18H12F2NO3P/c19-13-4-8-16(9-5-13)25(24,17-10-6-14(20)7-11-17)18-3-1-2-15(12-18)21(22)23/h1-12H. The fraction of sp³-hybridized carbons (Fsp3) is 0. The first-order valence-electron chi connectivity index (χ1n) is 7.28. The summed E-state index contributed by atoms with van der Waals surface area (Å²) >= 11 is 0. The van der Waals surface area contributed by atoms with E-state index in [1.807, 2.05) is 0 Å². The van der Waals surface area contributed by atoms with Crippen LogP contribution in [0.15, 0.2) is 72.8 Å². The van der Waals surface area contributed by atoms with Crippen LogP contribution in [-0.4, -0.2) is 4.92 Å². The minimum Gasteiger partial charge on any atom is -0.309 e. The molecule has 0 heterocycles. The number of nitro benzene ring substituents is 1. The molecule has 0 spiro atoms. The molecule has 0 saturated heterocycles. The van der Waals surface area contributed by atoms with Crippen molar-refractivity contribution in [1.82, 2.24) is 0 Å². The van der Waals surface area contributed by atoms with Crippen LogP contribution in [0.1, 0.15) is 0 Å². The lowest BCUT2D eigenvalue weighted by atomic mass is 10.3. The third-order valence-corrected chi connectivity index (χ3v) is 6.84. The predicted molar refractivity (Wildman–Crippen MR) is 92.4 cm³/mol. The summed E-state index contributed by atoms with van der Waals surface area (Å²) in [5.74, 6) is -0.984. The Balaban J connectivity index is 2.27. The van der Waals surface area contributed by atoms with Gasteiger partial charge in [0.15, 0.2) is 7.14 Å². The lowest BCUT2D eigenvalue weighted by molar-refractivity contribution is -0.384. The molecule has 4 nitrogen and oxygen atoms in total. The molecule has 0 fully saturated rings. The fourth-order valence-electron chi connectivity index (χ4n) is 2.55. The molecule has 3 aromatic rings. The molecule has 0 bridgehead atoms. The van der Waals surface area contributed by atoms with E-state index < -0.39 is 23.7 Å². The van der Waals surface area contributed by atoms with Crippen LogP contribution in [0.4, 0.5) is 14.5 Å². The summed E-state index contributed by atoms with van der Waals surface area (Å²) in [6.07, 6.45) is 0. The average molecular weight is 359 g/mol.